The first-order valence-corrected chi connectivity index (χ1v) is 4.54. The maximum absolute atomic E-state index is 3.29. The van der Waals surface area contributed by atoms with Crippen LogP contribution in [0.2, 0.25) is 0 Å². The Balaban J connectivity index is 1.84. The molecule has 0 aliphatic heterocycles. The lowest BCUT2D eigenvalue weighted by molar-refractivity contribution is 0.0510. The zero-order chi connectivity index (χ0) is 6.97. The summed E-state index contributed by atoms with van der Waals surface area (Å²) < 4.78 is 0. The molecule has 0 amide bonds. The number of hydrogen-bond acceptors (Lipinski definition) is 1. The van der Waals surface area contributed by atoms with Crippen LogP contribution in [0.1, 0.15) is 25.7 Å². The van der Waals surface area contributed by atoms with E-state index in [1.807, 2.05) is 0 Å². The SMILES string of the molecule is CNCC1CCC2CC1C2. The quantitative estimate of drug-likeness (QED) is 0.613. The van der Waals surface area contributed by atoms with Crippen molar-refractivity contribution < 1.29 is 0 Å². The summed E-state index contributed by atoms with van der Waals surface area (Å²) in [4.78, 5) is 0. The Morgan fingerprint density at radius 3 is 2.60 bits per heavy atom. The molecule has 0 aromatic rings. The Bertz CT molecular complexity index is 111. The number of fused-ring (bicyclic) bond motifs is 2. The van der Waals surface area contributed by atoms with Crippen LogP contribution in [-0.4, -0.2) is 13.6 Å². The summed E-state index contributed by atoms with van der Waals surface area (Å²) in [6, 6.07) is 0. The molecule has 1 N–H and O–H groups in total. The second kappa shape index (κ2) is 2.54. The zero-order valence-corrected chi connectivity index (χ0v) is 6.77. The van der Waals surface area contributed by atoms with Gasteiger partial charge in [-0.15, -0.1) is 0 Å². The van der Waals surface area contributed by atoms with Crippen LogP contribution in [0.4, 0.5) is 0 Å². The molecule has 3 rings (SSSR count). The molecule has 0 saturated heterocycles. The van der Waals surface area contributed by atoms with E-state index in [2.05, 4.69) is 12.4 Å². The maximum Gasteiger partial charge on any atom is -0.00209 e. The molecule has 1 atom stereocenters. The van der Waals surface area contributed by atoms with E-state index in [0.717, 1.165) is 17.8 Å². The minimum Gasteiger partial charge on any atom is -0.319 e. The fourth-order valence-corrected chi connectivity index (χ4v) is 2.62. The maximum atomic E-state index is 3.29. The van der Waals surface area contributed by atoms with Crippen LogP contribution in [-0.2, 0) is 0 Å². The van der Waals surface area contributed by atoms with Gasteiger partial charge in [-0.2, -0.15) is 0 Å². The average Bonchev–Trinajstić information content (AvgIpc) is 1.87. The Kier molecular flexibility index (Phi) is 1.69. The molecule has 1 heteroatoms. The van der Waals surface area contributed by atoms with Crippen molar-refractivity contribution in [2.24, 2.45) is 17.8 Å². The molecule has 0 aromatic heterocycles. The smallest absolute Gasteiger partial charge is 0.00209 e. The monoisotopic (exact) mass is 139 g/mol. The van der Waals surface area contributed by atoms with E-state index in [9.17, 15) is 0 Å². The molecule has 2 bridgehead atoms. The van der Waals surface area contributed by atoms with Crippen LogP contribution >= 0.6 is 0 Å². The van der Waals surface area contributed by atoms with Crippen molar-refractivity contribution in [3.63, 3.8) is 0 Å². The molecule has 1 nitrogen and oxygen atoms in total. The third kappa shape index (κ3) is 0.968. The van der Waals surface area contributed by atoms with Crippen LogP contribution in [0.15, 0.2) is 0 Å². The van der Waals surface area contributed by atoms with E-state index < -0.39 is 0 Å². The normalized spacial score (nSPS) is 44.7. The first kappa shape index (κ1) is 6.66. The molecule has 0 spiro atoms. The highest BCUT2D eigenvalue weighted by atomic mass is 14.8. The Hall–Kier alpha value is -0.0400. The summed E-state index contributed by atoms with van der Waals surface area (Å²) in [5.41, 5.74) is 0. The summed E-state index contributed by atoms with van der Waals surface area (Å²) in [7, 11) is 2.07. The van der Waals surface area contributed by atoms with E-state index in [-0.39, 0.29) is 0 Å². The summed E-state index contributed by atoms with van der Waals surface area (Å²) in [5, 5.41) is 3.29. The molecular formula is C9H17N. The second-order valence-corrected chi connectivity index (χ2v) is 3.99. The zero-order valence-electron chi connectivity index (χ0n) is 6.77. The third-order valence-electron chi connectivity index (χ3n) is 3.35. The van der Waals surface area contributed by atoms with Crippen LogP contribution in [0.3, 0.4) is 0 Å². The molecule has 1 unspecified atom stereocenters. The van der Waals surface area contributed by atoms with Gasteiger partial charge in [0, 0.05) is 0 Å². The molecule has 3 aliphatic carbocycles. The highest BCUT2D eigenvalue weighted by Gasteiger charge is 2.39. The molecule has 58 valence electrons. The van der Waals surface area contributed by atoms with E-state index >= 15 is 0 Å². The third-order valence-corrected chi connectivity index (χ3v) is 3.35. The van der Waals surface area contributed by atoms with Gasteiger partial charge in [0.2, 0.25) is 0 Å². The molecular weight excluding hydrogens is 122 g/mol. The minimum absolute atomic E-state index is 1.02. The van der Waals surface area contributed by atoms with E-state index in [1.54, 1.807) is 12.8 Å². The van der Waals surface area contributed by atoms with Gasteiger partial charge in [0.05, 0.1) is 0 Å². The fraction of sp³-hybridized carbons (Fsp3) is 1.00. The highest BCUT2D eigenvalue weighted by Crippen LogP contribution is 2.48. The predicted octanol–water partition coefficient (Wildman–Crippen LogP) is 1.64. The Morgan fingerprint density at radius 1 is 1.30 bits per heavy atom. The van der Waals surface area contributed by atoms with Gasteiger partial charge in [-0.1, -0.05) is 6.42 Å². The standard InChI is InChI=1S/C9H17N/c1-10-6-8-3-2-7-4-9(8)5-7/h7-10H,2-6H2,1H3. The Morgan fingerprint density at radius 2 is 2.10 bits per heavy atom. The molecule has 10 heavy (non-hydrogen) atoms. The topological polar surface area (TPSA) is 12.0 Å². The van der Waals surface area contributed by atoms with Gasteiger partial charge in [-0.3, -0.25) is 0 Å². The largest absolute Gasteiger partial charge is 0.319 e. The van der Waals surface area contributed by atoms with Crippen molar-refractivity contribution in [3.05, 3.63) is 0 Å². The summed E-state index contributed by atoms with van der Waals surface area (Å²) >= 11 is 0. The number of nitrogens with one attached hydrogen (secondary N) is 1. The Labute approximate surface area is 63.2 Å². The van der Waals surface area contributed by atoms with Crippen molar-refractivity contribution in [2.75, 3.05) is 13.6 Å². The van der Waals surface area contributed by atoms with Crippen molar-refractivity contribution in [1.29, 1.82) is 0 Å². The molecule has 0 radical (unpaired) electrons. The van der Waals surface area contributed by atoms with Gasteiger partial charge in [0.1, 0.15) is 0 Å². The molecule has 3 saturated carbocycles. The van der Waals surface area contributed by atoms with Gasteiger partial charge in [0.25, 0.3) is 0 Å². The number of hydrogen-bond donors (Lipinski definition) is 1. The van der Waals surface area contributed by atoms with Crippen LogP contribution in [0.5, 0.6) is 0 Å². The molecule has 3 aliphatic rings. The highest BCUT2D eigenvalue weighted by molar-refractivity contribution is 4.90. The predicted molar refractivity (Wildman–Crippen MR) is 42.9 cm³/mol. The van der Waals surface area contributed by atoms with Gasteiger partial charge >= 0.3 is 0 Å². The number of rotatable bonds is 2. The van der Waals surface area contributed by atoms with Crippen LogP contribution < -0.4 is 5.32 Å². The van der Waals surface area contributed by atoms with E-state index in [1.165, 1.54) is 19.4 Å². The lowest BCUT2D eigenvalue weighted by Crippen LogP contribution is -2.40. The van der Waals surface area contributed by atoms with Gasteiger partial charge in [-0.05, 0) is 50.6 Å². The average molecular weight is 139 g/mol. The van der Waals surface area contributed by atoms with E-state index in [4.69, 9.17) is 0 Å². The fourth-order valence-electron chi connectivity index (χ4n) is 2.62. The van der Waals surface area contributed by atoms with E-state index in [0.29, 0.717) is 0 Å². The first-order valence-electron chi connectivity index (χ1n) is 4.54. The molecule has 0 heterocycles. The van der Waals surface area contributed by atoms with Crippen LogP contribution in [0.25, 0.3) is 0 Å². The molecule has 3 fully saturated rings. The summed E-state index contributed by atoms with van der Waals surface area (Å²) in [6.07, 6.45) is 6.11. The van der Waals surface area contributed by atoms with Crippen molar-refractivity contribution >= 4 is 0 Å². The first-order chi connectivity index (χ1) is 4.90. The van der Waals surface area contributed by atoms with Crippen LogP contribution in [0, 0.1) is 17.8 Å². The lowest BCUT2D eigenvalue weighted by Gasteiger charge is -2.46. The van der Waals surface area contributed by atoms with Gasteiger partial charge in [0.15, 0.2) is 0 Å². The molecule has 0 aromatic carbocycles. The summed E-state index contributed by atoms with van der Waals surface area (Å²) in [5.74, 6) is 3.26. The lowest BCUT2D eigenvalue weighted by atomic mass is 9.60. The van der Waals surface area contributed by atoms with Crippen molar-refractivity contribution in [3.8, 4) is 0 Å². The second-order valence-electron chi connectivity index (χ2n) is 3.99. The van der Waals surface area contributed by atoms with Crippen molar-refractivity contribution in [1.82, 2.24) is 5.32 Å². The van der Waals surface area contributed by atoms with Gasteiger partial charge < -0.3 is 5.32 Å². The minimum atomic E-state index is 1.02. The summed E-state index contributed by atoms with van der Waals surface area (Å²) in [6.45, 7) is 1.26. The van der Waals surface area contributed by atoms with Crippen molar-refractivity contribution in [2.45, 2.75) is 25.7 Å². The van der Waals surface area contributed by atoms with Gasteiger partial charge in [-0.25, -0.2) is 0 Å².